The summed E-state index contributed by atoms with van der Waals surface area (Å²) in [4.78, 5) is 5.19. The van der Waals surface area contributed by atoms with Crippen molar-refractivity contribution in [3.05, 3.63) is 182 Å². The van der Waals surface area contributed by atoms with Crippen molar-refractivity contribution in [2.24, 2.45) is 0 Å². The average Bonchev–Trinajstić information content (AvgIpc) is 3.84. The summed E-state index contributed by atoms with van der Waals surface area (Å²) in [5.74, 6) is 0.905. The van der Waals surface area contributed by atoms with Crippen molar-refractivity contribution >= 4 is 65.4 Å². The first-order valence-electron chi connectivity index (χ1n) is 17.4. The van der Waals surface area contributed by atoms with E-state index in [0.717, 1.165) is 39.5 Å². The second-order valence-corrected chi connectivity index (χ2v) is 13.2. The quantitative estimate of drug-likeness (QED) is 0.186. The molecule has 0 saturated carbocycles. The van der Waals surface area contributed by atoms with Crippen LogP contribution in [0.5, 0.6) is 0 Å². The van der Waals surface area contributed by atoms with Crippen molar-refractivity contribution in [3.63, 3.8) is 0 Å². The minimum atomic E-state index is 0.905. The lowest BCUT2D eigenvalue weighted by Crippen LogP contribution is -1.99. The van der Waals surface area contributed by atoms with Gasteiger partial charge in [-0.05, 0) is 66.7 Å². The van der Waals surface area contributed by atoms with E-state index in [4.69, 9.17) is 4.98 Å². The second-order valence-electron chi connectivity index (χ2n) is 13.2. The molecule has 0 aliphatic rings. The highest BCUT2D eigenvalue weighted by atomic mass is 15.1. The van der Waals surface area contributed by atoms with Crippen LogP contribution in [0.1, 0.15) is 0 Å². The van der Waals surface area contributed by atoms with Crippen LogP contribution >= 0.6 is 0 Å². The Morgan fingerprint density at radius 2 is 0.922 bits per heavy atom. The molecule has 51 heavy (non-hydrogen) atoms. The lowest BCUT2D eigenvalue weighted by molar-refractivity contribution is 1.08. The van der Waals surface area contributed by atoms with Crippen LogP contribution in [0.25, 0.3) is 93.9 Å². The minimum absolute atomic E-state index is 0.905. The van der Waals surface area contributed by atoms with Gasteiger partial charge in [-0.25, -0.2) is 4.98 Å². The summed E-state index contributed by atoms with van der Waals surface area (Å²) in [6.45, 7) is 0. The van der Waals surface area contributed by atoms with Gasteiger partial charge >= 0.3 is 0 Å². The predicted octanol–water partition coefficient (Wildman–Crippen LogP) is 12.0. The third-order valence-electron chi connectivity index (χ3n) is 10.4. The average molecular weight is 651 g/mol. The zero-order valence-corrected chi connectivity index (χ0v) is 27.6. The molecule has 0 spiro atoms. The van der Waals surface area contributed by atoms with Crippen LogP contribution in [-0.4, -0.2) is 18.7 Å². The normalized spacial score (nSPS) is 11.9. The van der Waals surface area contributed by atoms with Gasteiger partial charge < -0.3 is 9.13 Å². The molecule has 4 aromatic heterocycles. The number of hydrogen-bond acceptors (Lipinski definition) is 1. The monoisotopic (exact) mass is 650 g/mol. The molecule has 7 aromatic carbocycles. The van der Waals surface area contributed by atoms with Gasteiger partial charge in [0.1, 0.15) is 5.82 Å². The predicted molar refractivity (Wildman–Crippen MR) is 213 cm³/mol. The molecule has 0 N–H and O–H groups in total. The Morgan fingerprint density at radius 1 is 0.333 bits per heavy atom. The summed E-state index contributed by atoms with van der Waals surface area (Å²) >= 11 is 0. The summed E-state index contributed by atoms with van der Waals surface area (Å²) in [5.41, 5.74) is 11.4. The highest BCUT2D eigenvalue weighted by Gasteiger charge is 2.22. The second kappa shape index (κ2) is 10.8. The lowest BCUT2D eigenvalue weighted by Gasteiger charge is -2.12. The molecule has 238 valence electrons. The number of aromatic nitrogens is 4. The van der Waals surface area contributed by atoms with Gasteiger partial charge in [-0.1, -0.05) is 115 Å². The van der Waals surface area contributed by atoms with Gasteiger partial charge in [-0.3, -0.25) is 4.57 Å². The van der Waals surface area contributed by atoms with E-state index in [2.05, 4.69) is 190 Å². The number of nitrogens with zero attached hydrogens (tertiary/aromatic N) is 4. The third-order valence-corrected chi connectivity index (χ3v) is 10.4. The highest BCUT2D eigenvalue weighted by molar-refractivity contribution is 6.26. The van der Waals surface area contributed by atoms with Crippen molar-refractivity contribution in [3.8, 4) is 28.5 Å². The first kappa shape index (κ1) is 28.0. The lowest BCUT2D eigenvalue weighted by atomic mass is 10.1. The van der Waals surface area contributed by atoms with Gasteiger partial charge in [0, 0.05) is 49.3 Å². The van der Waals surface area contributed by atoms with Gasteiger partial charge in [-0.15, -0.1) is 0 Å². The van der Waals surface area contributed by atoms with Crippen LogP contribution in [0.3, 0.4) is 0 Å². The summed E-state index contributed by atoms with van der Waals surface area (Å²) in [6.07, 6.45) is 0. The Bertz CT molecular complexity index is 3130. The molecule has 0 saturated heterocycles. The van der Waals surface area contributed by atoms with E-state index in [9.17, 15) is 0 Å². The number of benzene rings is 7. The Hall–Kier alpha value is -6.91. The fourth-order valence-corrected chi connectivity index (χ4v) is 8.30. The molecule has 11 aromatic rings. The van der Waals surface area contributed by atoms with Crippen molar-refractivity contribution in [2.75, 3.05) is 0 Å². The number of rotatable bonds is 4. The van der Waals surface area contributed by atoms with Crippen LogP contribution in [0.2, 0.25) is 0 Å². The molecule has 0 atom stereocenters. The SMILES string of the molecule is c1ccc(-c2cccc(-n3c4ccccc4c4cc(-n5c6ccccc6c6ccc7c(c8ccccc8n7-c7ccccc7)c65)ccc43)n2)cc1. The molecule has 11 rings (SSSR count). The van der Waals surface area contributed by atoms with E-state index < -0.39 is 0 Å². The number of pyridine rings is 1. The molecule has 0 radical (unpaired) electrons. The first-order valence-corrected chi connectivity index (χ1v) is 17.4. The van der Waals surface area contributed by atoms with E-state index >= 15 is 0 Å². The summed E-state index contributed by atoms with van der Waals surface area (Å²) in [7, 11) is 0. The van der Waals surface area contributed by atoms with Crippen molar-refractivity contribution in [1.82, 2.24) is 18.7 Å². The maximum absolute atomic E-state index is 5.19. The zero-order valence-electron chi connectivity index (χ0n) is 27.6. The first-order chi connectivity index (χ1) is 25.3. The fraction of sp³-hybridized carbons (Fsp3) is 0. The summed E-state index contributed by atoms with van der Waals surface area (Å²) in [5, 5.41) is 7.39. The van der Waals surface area contributed by atoms with Gasteiger partial charge in [0.15, 0.2) is 0 Å². The number of hydrogen-bond donors (Lipinski definition) is 0. The Balaban J connectivity index is 1.22. The Kier molecular flexibility index (Phi) is 5.92. The van der Waals surface area contributed by atoms with E-state index in [-0.39, 0.29) is 0 Å². The molecule has 0 amide bonds. The zero-order chi connectivity index (χ0) is 33.5. The van der Waals surface area contributed by atoms with E-state index in [1.54, 1.807) is 0 Å². The van der Waals surface area contributed by atoms with Gasteiger partial charge in [0.25, 0.3) is 0 Å². The van der Waals surface area contributed by atoms with Crippen molar-refractivity contribution in [1.29, 1.82) is 0 Å². The van der Waals surface area contributed by atoms with Gasteiger partial charge in [0.2, 0.25) is 0 Å². The Labute approximate surface area is 293 Å². The molecule has 4 heterocycles. The maximum atomic E-state index is 5.19. The van der Waals surface area contributed by atoms with Gasteiger partial charge in [0.05, 0.1) is 38.8 Å². The van der Waals surface area contributed by atoms with Crippen LogP contribution < -0.4 is 0 Å². The molecule has 0 fully saturated rings. The smallest absolute Gasteiger partial charge is 0.138 e. The van der Waals surface area contributed by atoms with E-state index in [1.165, 1.54) is 54.4 Å². The topological polar surface area (TPSA) is 27.7 Å². The standard InChI is InChI=1S/C47H30N4/c1-3-14-31(15-4-1)39-21-13-25-45(48-39)51-41-23-11-8-19-35(41)38-30-33(26-28-43(38)51)50-40-22-10-7-18-34(40)36-27-29-44-46(47(36)50)37-20-9-12-24-42(37)49(44)32-16-5-2-6-17-32/h1-30H. The third kappa shape index (κ3) is 4.05. The van der Waals surface area contributed by atoms with Crippen LogP contribution in [-0.2, 0) is 0 Å². The van der Waals surface area contributed by atoms with E-state index in [0.29, 0.717) is 0 Å². The molecule has 4 heteroatoms. The molecular weight excluding hydrogens is 621 g/mol. The van der Waals surface area contributed by atoms with Crippen molar-refractivity contribution in [2.45, 2.75) is 0 Å². The molecule has 0 unspecified atom stereocenters. The minimum Gasteiger partial charge on any atom is -0.309 e. The fourth-order valence-electron chi connectivity index (χ4n) is 8.30. The van der Waals surface area contributed by atoms with Crippen molar-refractivity contribution < 1.29 is 0 Å². The molecule has 0 aliphatic carbocycles. The maximum Gasteiger partial charge on any atom is 0.138 e. The van der Waals surface area contributed by atoms with Crippen LogP contribution in [0, 0.1) is 0 Å². The summed E-state index contributed by atoms with van der Waals surface area (Å²) < 4.78 is 7.19. The Morgan fingerprint density at radius 3 is 1.69 bits per heavy atom. The largest absolute Gasteiger partial charge is 0.309 e. The number of para-hydroxylation sites is 4. The van der Waals surface area contributed by atoms with Gasteiger partial charge in [-0.2, -0.15) is 0 Å². The highest BCUT2D eigenvalue weighted by Crippen LogP contribution is 2.43. The number of fused-ring (bicyclic) bond motifs is 10. The molecular formula is C47H30N4. The van der Waals surface area contributed by atoms with E-state index in [1.807, 2.05) is 6.07 Å². The molecule has 4 nitrogen and oxygen atoms in total. The molecule has 0 bridgehead atoms. The van der Waals surface area contributed by atoms with Crippen LogP contribution in [0.15, 0.2) is 182 Å². The molecule has 0 aliphatic heterocycles. The van der Waals surface area contributed by atoms with Crippen LogP contribution in [0.4, 0.5) is 0 Å². The summed E-state index contributed by atoms with van der Waals surface area (Å²) in [6, 6.07) is 65.2.